The van der Waals surface area contributed by atoms with Crippen LogP contribution in [0.1, 0.15) is 25.1 Å². The second-order valence-corrected chi connectivity index (χ2v) is 6.12. The second kappa shape index (κ2) is 8.09. The molecule has 0 radical (unpaired) electrons. The lowest BCUT2D eigenvalue weighted by molar-refractivity contribution is 0.616. The largest absolute Gasteiger partial charge is 0.357 e. The highest BCUT2D eigenvalue weighted by molar-refractivity contribution is 7.69. The first-order chi connectivity index (χ1) is 11.9. The molecule has 3 rings (SSSR count). The van der Waals surface area contributed by atoms with Crippen molar-refractivity contribution in [2.75, 3.05) is 0 Å². The molecule has 0 saturated carbocycles. The van der Waals surface area contributed by atoms with E-state index in [1.54, 1.807) is 11.6 Å². The van der Waals surface area contributed by atoms with Crippen LogP contribution in [0.3, 0.4) is 0 Å². The predicted molar refractivity (Wildman–Crippen MR) is 100 cm³/mol. The molecule has 0 amide bonds. The van der Waals surface area contributed by atoms with E-state index in [4.69, 9.17) is 8.42 Å². The molecule has 0 saturated heterocycles. The van der Waals surface area contributed by atoms with Gasteiger partial charge in [0, 0.05) is 47.8 Å². The van der Waals surface area contributed by atoms with Gasteiger partial charge in [-0.3, -0.25) is 9.78 Å². The van der Waals surface area contributed by atoms with E-state index in [1.807, 2.05) is 24.7 Å². The topological polar surface area (TPSA) is 111 Å². The zero-order valence-electron chi connectivity index (χ0n) is 14.4. The molecule has 0 fully saturated rings. The Labute approximate surface area is 147 Å². The van der Waals surface area contributed by atoms with Gasteiger partial charge in [-0.05, 0) is 30.5 Å². The molecule has 0 unspecified atom stereocenters. The maximum Gasteiger partial charge on any atom is 0.274 e. The van der Waals surface area contributed by atoms with E-state index in [0.717, 1.165) is 35.0 Å². The Morgan fingerprint density at radius 3 is 2.56 bits per heavy atom. The van der Waals surface area contributed by atoms with Crippen LogP contribution in [0, 0.1) is 0 Å². The number of hydrogen-bond acceptors (Lipinski definition) is 4. The summed E-state index contributed by atoms with van der Waals surface area (Å²) in [7, 11) is -0.842. The number of nitrogens with zero attached hydrogens (tertiary/aromatic N) is 2. The first-order valence-corrected chi connectivity index (χ1v) is 9.17. The van der Waals surface area contributed by atoms with Crippen LogP contribution >= 0.6 is 0 Å². The SMILES string of the molecule is CCc1cc(-c2cn(C)c(=O)c3[nH]ccc23)cnc1CC.N[SH](=O)=O. The number of H-pyrrole nitrogens is 1. The number of hydrogen-bond donors (Lipinski definition) is 3. The van der Waals surface area contributed by atoms with E-state index in [1.165, 1.54) is 5.56 Å². The third-order valence-corrected chi connectivity index (χ3v) is 3.98. The lowest BCUT2D eigenvalue weighted by atomic mass is 10.0. The number of aryl methyl sites for hydroxylation is 3. The van der Waals surface area contributed by atoms with Gasteiger partial charge >= 0.3 is 0 Å². The number of aromatic amines is 1. The van der Waals surface area contributed by atoms with Crippen molar-refractivity contribution in [3.05, 3.63) is 52.3 Å². The number of pyridine rings is 2. The van der Waals surface area contributed by atoms with Crippen LogP contribution in [0.25, 0.3) is 22.0 Å². The van der Waals surface area contributed by atoms with Gasteiger partial charge in [-0.15, -0.1) is 0 Å². The first-order valence-electron chi connectivity index (χ1n) is 7.93. The zero-order chi connectivity index (χ0) is 18.6. The van der Waals surface area contributed by atoms with Crippen molar-refractivity contribution >= 4 is 21.8 Å². The molecule has 8 heteroatoms. The number of aromatic nitrogens is 3. The fourth-order valence-corrected chi connectivity index (χ4v) is 2.81. The zero-order valence-corrected chi connectivity index (χ0v) is 15.3. The molecule has 134 valence electrons. The van der Waals surface area contributed by atoms with Crippen molar-refractivity contribution in [3.8, 4) is 11.1 Å². The molecule has 0 spiro atoms. The molecule has 0 aliphatic rings. The normalized spacial score (nSPS) is 10.8. The average molecular weight is 362 g/mol. The Kier molecular flexibility index (Phi) is 6.11. The second-order valence-electron chi connectivity index (χ2n) is 5.55. The molecule has 0 bridgehead atoms. The highest BCUT2D eigenvalue weighted by atomic mass is 32.2. The number of rotatable bonds is 3. The summed E-state index contributed by atoms with van der Waals surface area (Å²) in [6, 6.07) is 4.14. The predicted octanol–water partition coefficient (Wildman–Crippen LogP) is 1.52. The van der Waals surface area contributed by atoms with Crippen LogP contribution in [0.5, 0.6) is 0 Å². The van der Waals surface area contributed by atoms with E-state index >= 15 is 0 Å². The minimum atomic E-state index is -2.62. The molecule has 3 aromatic heterocycles. The van der Waals surface area contributed by atoms with E-state index < -0.39 is 10.9 Å². The quantitative estimate of drug-likeness (QED) is 0.614. The molecule has 3 heterocycles. The van der Waals surface area contributed by atoms with E-state index in [0.29, 0.717) is 5.52 Å². The van der Waals surface area contributed by atoms with Crippen molar-refractivity contribution < 1.29 is 8.42 Å². The van der Waals surface area contributed by atoms with Crippen LogP contribution in [0.4, 0.5) is 0 Å². The fourth-order valence-electron chi connectivity index (χ4n) is 2.81. The van der Waals surface area contributed by atoms with Crippen molar-refractivity contribution in [2.24, 2.45) is 12.2 Å². The number of thiol groups is 1. The van der Waals surface area contributed by atoms with Gasteiger partial charge in [0.1, 0.15) is 5.52 Å². The lowest BCUT2D eigenvalue weighted by Gasteiger charge is -2.10. The minimum absolute atomic E-state index is 0.00685. The van der Waals surface area contributed by atoms with E-state index in [9.17, 15) is 4.79 Å². The van der Waals surface area contributed by atoms with Gasteiger partial charge in [0.15, 0.2) is 10.9 Å². The van der Waals surface area contributed by atoms with Crippen LogP contribution in [0.15, 0.2) is 35.5 Å². The van der Waals surface area contributed by atoms with Crippen molar-refractivity contribution in [2.45, 2.75) is 26.7 Å². The Morgan fingerprint density at radius 1 is 1.28 bits per heavy atom. The van der Waals surface area contributed by atoms with Crippen LogP contribution < -0.4 is 10.7 Å². The van der Waals surface area contributed by atoms with Crippen LogP contribution in [0.2, 0.25) is 0 Å². The fraction of sp³-hybridized carbons (Fsp3) is 0.294. The minimum Gasteiger partial charge on any atom is -0.357 e. The Hall–Kier alpha value is -2.45. The molecule has 7 nitrogen and oxygen atoms in total. The standard InChI is InChI=1S/C17H19N3O.H3NO2S/c1-4-11-8-12(9-19-15(11)5-2)14-10-20(3)17(21)16-13(14)6-7-18-16;1-4(2)3/h6-10,18H,4-5H2,1-3H3;4H,(H2,1,2,3). The number of fused-ring (bicyclic) bond motifs is 1. The van der Waals surface area contributed by atoms with E-state index in [2.05, 4.69) is 35.0 Å². The summed E-state index contributed by atoms with van der Waals surface area (Å²) in [6.07, 6.45) is 7.51. The Bertz CT molecular complexity index is 1010. The molecule has 0 aliphatic heterocycles. The van der Waals surface area contributed by atoms with Gasteiger partial charge in [-0.25, -0.2) is 13.6 Å². The average Bonchev–Trinajstić information content (AvgIpc) is 3.07. The van der Waals surface area contributed by atoms with Crippen molar-refractivity contribution in [1.29, 1.82) is 0 Å². The molecule has 0 aromatic carbocycles. The van der Waals surface area contributed by atoms with Gasteiger partial charge in [0.05, 0.1) is 0 Å². The molecular formula is C17H22N4O3S. The van der Waals surface area contributed by atoms with Gasteiger partial charge in [0.2, 0.25) is 0 Å². The number of nitrogens with one attached hydrogen (secondary N) is 1. The summed E-state index contributed by atoms with van der Waals surface area (Å²) >= 11 is 0. The summed E-state index contributed by atoms with van der Waals surface area (Å²) in [5.74, 6) is 0. The maximum atomic E-state index is 12.1. The molecular weight excluding hydrogens is 340 g/mol. The highest BCUT2D eigenvalue weighted by Crippen LogP contribution is 2.27. The molecule has 0 atom stereocenters. The van der Waals surface area contributed by atoms with Crippen LogP contribution in [-0.2, 0) is 30.8 Å². The molecule has 3 aromatic rings. The smallest absolute Gasteiger partial charge is 0.274 e. The number of nitrogens with two attached hydrogens (primary N) is 1. The van der Waals surface area contributed by atoms with Crippen molar-refractivity contribution in [3.63, 3.8) is 0 Å². The van der Waals surface area contributed by atoms with Crippen molar-refractivity contribution in [1.82, 2.24) is 14.5 Å². The van der Waals surface area contributed by atoms with Crippen LogP contribution in [-0.4, -0.2) is 23.0 Å². The Morgan fingerprint density at radius 2 is 1.96 bits per heavy atom. The summed E-state index contributed by atoms with van der Waals surface area (Å²) in [4.78, 5) is 19.7. The third-order valence-electron chi connectivity index (χ3n) is 3.98. The van der Waals surface area contributed by atoms with Gasteiger partial charge < -0.3 is 9.55 Å². The summed E-state index contributed by atoms with van der Waals surface area (Å²) in [5, 5.41) is 5.02. The van der Waals surface area contributed by atoms with E-state index in [-0.39, 0.29) is 5.56 Å². The monoisotopic (exact) mass is 362 g/mol. The lowest BCUT2D eigenvalue weighted by Crippen LogP contribution is -2.16. The van der Waals surface area contributed by atoms with Gasteiger partial charge in [-0.2, -0.15) is 0 Å². The van der Waals surface area contributed by atoms with Gasteiger partial charge in [0.25, 0.3) is 5.56 Å². The maximum absolute atomic E-state index is 12.1. The molecule has 3 N–H and O–H groups in total. The third kappa shape index (κ3) is 4.15. The summed E-state index contributed by atoms with van der Waals surface area (Å²) < 4.78 is 19.2. The molecule has 25 heavy (non-hydrogen) atoms. The highest BCUT2D eigenvalue weighted by Gasteiger charge is 2.11. The summed E-state index contributed by atoms with van der Waals surface area (Å²) in [5.41, 5.74) is 5.16. The first kappa shape index (κ1) is 18.9. The van der Waals surface area contributed by atoms with Gasteiger partial charge in [-0.1, -0.05) is 13.8 Å². The molecule has 0 aliphatic carbocycles. The Balaban J connectivity index is 0.000000511. The summed E-state index contributed by atoms with van der Waals surface area (Å²) in [6.45, 7) is 4.27.